The predicted molar refractivity (Wildman–Crippen MR) is 60.7 cm³/mol. The van der Waals surface area contributed by atoms with Crippen molar-refractivity contribution >= 4 is 18.4 Å². The molecule has 0 saturated heterocycles. The van der Waals surface area contributed by atoms with Gasteiger partial charge in [-0.2, -0.15) is 0 Å². The average molecular weight is 224 g/mol. The van der Waals surface area contributed by atoms with E-state index in [0.717, 1.165) is 19.3 Å². The molecule has 0 aliphatic carbocycles. The Labute approximate surface area is 92.5 Å². The summed E-state index contributed by atoms with van der Waals surface area (Å²) in [6.45, 7) is 4.79. The number of hydrogen-bond donors (Lipinski definition) is 2. The zero-order valence-electron chi connectivity index (χ0n) is 9.03. The molecule has 3 nitrogen and oxygen atoms in total. The molecule has 0 aromatic heterocycles. The summed E-state index contributed by atoms with van der Waals surface area (Å²) in [4.78, 5) is 10.5. The van der Waals surface area contributed by atoms with Gasteiger partial charge in [-0.15, -0.1) is 12.4 Å². The van der Waals surface area contributed by atoms with E-state index in [-0.39, 0.29) is 24.7 Å². The number of carbonyl (C=O) groups is 1. The molecule has 4 heteroatoms. The molecule has 0 heterocycles. The first-order valence-electron chi connectivity index (χ1n) is 5.02. The lowest BCUT2D eigenvalue weighted by Crippen LogP contribution is -2.20. The summed E-state index contributed by atoms with van der Waals surface area (Å²) in [6, 6.07) is 0. The summed E-state index contributed by atoms with van der Waals surface area (Å²) >= 11 is 0. The Morgan fingerprint density at radius 3 is 2.43 bits per heavy atom. The fraction of sp³-hybridized carbons (Fsp3) is 0.900. The van der Waals surface area contributed by atoms with Crippen molar-refractivity contribution in [2.45, 2.75) is 39.5 Å². The molecule has 3 N–H and O–H groups in total. The van der Waals surface area contributed by atoms with Crippen molar-refractivity contribution in [1.29, 1.82) is 0 Å². The largest absolute Gasteiger partial charge is 0.481 e. The van der Waals surface area contributed by atoms with Crippen LogP contribution >= 0.6 is 12.4 Å². The highest BCUT2D eigenvalue weighted by Crippen LogP contribution is 2.18. The molecule has 0 aromatic carbocycles. The maximum atomic E-state index is 10.5. The maximum Gasteiger partial charge on any atom is 0.303 e. The van der Waals surface area contributed by atoms with Crippen molar-refractivity contribution in [1.82, 2.24) is 0 Å². The van der Waals surface area contributed by atoms with Crippen molar-refractivity contribution in [3.63, 3.8) is 0 Å². The van der Waals surface area contributed by atoms with Gasteiger partial charge in [0.2, 0.25) is 0 Å². The second-order valence-electron chi connectivity index (χ2n) is 3.83. The van der Waals surface area contributed by atoms with E-state index in [1.807, 2.05) is 0 Å². The van der Waals surface area contributed by atoms with Crippen LogP contribution in [-0.2, 0) is 4.79 Å². The Morgan fingerprint density at radius 2 is 2.07 bits per heavy atom. The highest BCUT2D eigenvalue weighted by molar-refractivity contribution is 5.85. The molecule has 0 aliphatic rings. The van der Waals surface area contributed by atoms with Crippen LogP contribution in [0.4, 0.5) is 0 Å². The van der Waals surface area contributed by atoms with Crippen LogP contribution in [0.25, 0.3) is 0 Å². The first-order valence-corrected chi connectivity index (χ1v) is 5.02. The number of halogens is 1. The van der Waals surface area contributed by atoms with Crippen molar-refractivity contribution in [3.05, 3.63) is 0 Å². The third-order valence-electron chi connectivity index (χ3n) is 2.31. The van der Waals surface area contributed by atoms with Crippen LogP contribution in [0.5, 0.6) is 0 Å². The van der Waals surface area contributed by atoms with E-state index in [1.54, 1.807) is 0 Å². The smallest absolute Gasteiger partial charge is 0.303 e. The maximum absolute atomic E-state index is 10.5. The third-order valence-corrected chi connectivity index (χ3v) is 2.31. The lowest BCUT2D eigenvalue weighted by atomic mass is 9.90. The highest BCUT2D eigenvalue weighted by Gasteiger charge is 2.14. The van der Waals surface area contributed by atoms with Crippen LogP contribution in [-0.4, -0.2) is 17.6 Å². The highest BCUT2D eigenvalue weighted by atomic mass is 35.5. The predicted octanol–water partition coefficient (Wildman–Crippen LogP) is 2.28. The van der Waals surface area contributed by atoms with E-state index in [9.17, 15) is 4.79 Å². The normalized spacial score (nSPS) is 14.2. The van der Waals surface area contributed by atoms with Crippen LogP contribution in [0.15, 0.2) is 0 Å². The van der Waals surface area contributed by atoms with E-state index < -0.39 is 5.97 Å². The van der Waals surface area contributed by atoms with E-state index in [4.69, 9.17) is 10.8 Å². The van der Waals surface area contributed by atoms with Crippen molar-refractivity contribution in [2.75, 3.05) is 6.54 Å². The number of carboxylic acid groups (broad SMARTS) is 1. The Bertz CT molecular complexity index is 153. The van der Waals surface area contributed by atoms with Crippen LogP contribution in [0.2, 0.25) is 0 Å². The van der Waals surface area contributed by atoms with Gasteiger partial charge in [0.15, 0.2) is 0 Å². The monoisotopic (exact) mass is 223 g/mol. The second kappa shape index (κ2) is 9.28. The third kappa shape index (κ3) is 8.32. The molecular weight excluding hydrogens is 202 g/mol. The summed E-state index contributed by atoms with van der Waals surface area (Å²) in [5.74, 6) is 0.0103. The molecule has 0 fully saturated rings. The van der Waals surface area contributed by atoms with Crippen LogP contribution in [0, 0.1) is 11.8 Å². The van der Waals surface area contributed by atoms with E-state index in [2.05, 4.69) is 13.8 Å². The minimum absolute atomic E-state index is 0. The van der Waals surface area contributed by atoms with Crippen molar-refractivity contribution in [3.8, 4) is 0 Å². The number of aliphatic carboxylic acids is 1. The minimum Gasteiger partial charge on any atom is -0.481 e. The first-order chi connectivity index (χ1) is 6.10. The molecule has 0 unspecified atom stereocenters. The lowest BCUT2D eigenvalue weighted by Gasteiger charge is -2.17. The Balaban J connectivity index is 0. The Kier molecular flexibility index (Phi) is 10.7. The molecule has 86 valence electrons. The molecular formula is C10H22ClNO2. The summed E-state index contributed by atoms with van der Waals surface area (Å²) in [7, 11) is 0. The molecule has 0 spiro atoms. The van der Waals surface area contributed by atoms with Gasteiger partial charge in [-0.25, -0.2) is 0 Å². The standard InChI is InChI=1S/C10H21NO2.ClH/c1-3-4-8(2)5-9(7-11)6-10(12)13;/h8-9H,3-7,11H2,1-2H3,(H,12,13);1H/t8-,9+;/m1./s1. The molecule has 2 atom stereocenters. The number of hydrogen-bond acceptors (Lipinski definition) is 2. The number of rotatable bonds is 7. The van der Waals surface area contributed by atoms with Gasteiger partial charge >= 0.3 is 5.97 Å². The van der Waals surface area contributed by atoms with Crippen molar-refractivity contribution in [2.24, 2.45) is 17.6 Å². The number of carboxylic acids is 1. The van der Waals surface area contributed by atoms with Gasteiger partial charge in [-0.05, 0) is 24.8 Å². The van der Waals surface area contributed by atoms with Crippen LogP contribution in [0.3, 0.4) is 0 Å². The fourth-order valence-corrected chi connectivity index (χ4v) is 1.69. The lowest BCUT2D eigenvalue weighted by molar-refractivity contribution is -0.138. The first kappa shape index (κ1) is 16.2. The Morgan fingerprint density at radius 1 is 1.50 bits per heavy atom. The zero-order chi connectivity index (χ0) is 10.3. The van der Waals surface area contributed by atoms with Gasteiger partial charge in [0.25, 0.3) is 0 Å². The molecule has 0 aliphatic heterocycles. The summed E-state index contributed by atoms with van der Waals surface area (Å²) in [5, 5.41) is 8.60. The van der Waals surface area contributed by atoms with Gasteiger partial charge in [0.05, 0.1) is 0 Å². The summed E-state index contributed by atoms with van der Waals surface area (Å²) in [5.41, 5.74) is 5.50. The average Bonchev–Trinajstić information content (AvgIpc) is 2.02. The van der Waals surface area contributed by atoms with Gasteiger partial charge in [0, 0.05) is 6.42 Å². The van der Waals surface area contributed by atoms with E-state index in [0.29, 0.717) is 12.5 Å². The topological polar surface area (TPSA) is 63.3 Å². The number of nitrogens with two attached hydrogens (primary N) is 1. The van der Waals surface area contributed by atoms with Gasteiger partial charge < -0.3 is 10.8 Å². The fourth-order valence-electron chi connectivity index (χ4n) is 1.69. The van der Waals surface area contributed by atoms with Gasteiger partial charge in [-0.1, -0.05) is 26.7 Å². The molecule has 0 rings (SSSR count). The van der Waals surface area contributed by atoms with Crippen molar-refractivity contribution < 1.29 is 9.90 Å². The molecule has 14 heavy (non-hydrogen) atoms. The minimum atomic E-state index is -0.737. The summed E-state index contributed by atoms with van der Waals surface area (Å²) < 4.78 is 0. The van der Waals surface area contributed by atoms with Gasteiger partial charge in [0.1, 0.15) is 0 Å². The molecule has 0 aromatic rings. The molecule has 0 saturated carbocycles. The van der Waals surface area contributed by atoms with Gasteiger partial charge in [-0.3, -0.25) is 4.79 Å². The molecule has 0 radical (unpaired) electrons. The zero-order valence-corrected chi connectivity index (χ0v) is 9.85. The van der Waals surface area contributed by atoms with E-state index >= 15 is 0 Å². The molecule has 0 amide bonds. The Hall–Kier alpha value is -0.280. The molecule has 0 bridgehead atoms. The summed E-state index contributed by atoms with van der Waals surface area (Å²) in [6.07, 6.45) is 3.48. The quantitative estimate of drug-likeness (QED) is 0.696. The van der Waals surface area contributed by atoms with Crippen LogP contribution in [0.1, 0.15) is 39.5 Å². The second-order valence-corrected chi connectivity index (χ2v) is 3.83. The van der Waals surface area contributed by atoms with Crippen LogP contribution < -0.4 is 5.73 Å². The SMILES string of the molecule is CCC[C@@H](C)C[C@H](CN)CC(=O)O.Cl. The van der Waals surface area contributed by atoms with E-state index in [1.165, 1.54) is 0 Å².